The van der Waals surface area contributed by atoms with E-state index < -0.39 is 5.97 Å². The van der Waals surface area contributed by atoms with Crippen LogP contribution in [0.1, 0.15) is 34.7 Å². The maximum atomic E-state index is 11.8. The van der Waals surface area contributed by atoms with Gasteiger partial charge in [-0.2, -0.15) is 5.10 Å². The molecule has 2 aromatic rings. The predicted molar refractivity (Wildman–Crippen MR) is 79.5 cm³/mol. The lowest BCUT2D eigenvalue weighted by Gasteiger charge is -2.04. The summed E-state index contributed by atoms with van der Waals surface area (Å²) in [6.07, 6.45) is 1.45. The van der Waals surface area contributed by atoms with E-state index in [1.165, 1.54) is 17.8 Å². The van der Waals surface area contributed by atoms with Crippen LogP contribution in [0.3, 0.4) is 0 Å². The summed E-state index contributed by atoms with van der Waals surface area (Å²) in [7, 11) is 0. The summed E-state index contributed by atoms with van der Waals surface area (Å²) in [6, 6.07) is 4.84. The average Bonchev–Trinajstić information content (AvgIpc) is 2.84. The topological polar surface area (TPSA) is 61.2 Å². The minimum atomic E-state index is -0.647. The van der Waals surface area contributed by atoms with E-state index in [-0.39, 0.29) is 23.6 Å². The van der Waals surface area contributed by atoms with Gasteiger partial charge in [0.15, 0.2) is 11.5 Å². The maximum absolute atomic E-state index is 11.8. The fourth-order valence-corrected chi connectivity index (χ4v) is 2.27. The summed E-state index contributed by atoms with van der Waals surface area (Å²) < 4.78 is 6.26. The zero-order valence-corrected chi connectivity index (χ0v) is 12.9. The highest BCUT2D eigenvalue weighted by Crippen LogP contribution is 2.25. The third kappa shape index (κ3) is 3.25. The molecule has 0 saturated carbocycles. The van der Waals surface area contributed by atoms with E-state index in [1.54, 1.807) is 25.1 Å². The van der Waals surface area contributed by atoms with Crippen LogP contribution in [-0.2, 0) is 4.74 Å². The lowest BCUT2D eigenvalue weighted by molar-refractivity contribution is 0.0516. The van der Waals surface area contributed by atoms with E-state index in [0.29, 0.717) is 15.7 Å². The van der Waals surface area contributed by atoms with Crippen molar-refractivity contribution < 1.29 is 14.3 Å². The van der Waals surface area contributed by atoms with Gasteiger partial charge in [0, 0.05) is 11.2 Å². The number of ketones is 1. The van der Waals surface area contributed by atoms with Gasteiger partial charge < -0.3 is 4.74 Å². The average molecular weight is 327 g/mol. The summed E-state index contributed by atoms with van der Waals surface area (Å²) >= 11 is 11.9. The van der Waals surface area contributed by atoms with Crippen molar-refractivity contribution in [1.29, 1.82) is 0 Å². The van der Waals surface area contributed by atoms with Gasteiger partial charge in [0.25, 0.3) is 0 Å². The number of Topliss-reactive ketones (excluding diaryl/α,β-unsaturated/α-hetero) is 1. The number of ether oxygens (including phenoxy) is 1. The summed E-state index contributed by atoms with van der Waals surface area (Å²) in [6.45, 7) is 3.23. The molecule has 0 fully saturated rings. The minimum absolute atomic E-state index is 0.0321. The van der Waals surface area contributed by atoms with Gasteiger partial charge in [0.05, 0.1) is 22.9 Å². The number of hydrogen-bond donors (Lipinski definition) is 0. The number of esters is 1. The number of hydrogen-bond acceptors (Lipinski definition) is 4. The van der Waals surface area contributed by atoms with Crippen LogP contribution >= 0.6 is 23.2 Å². The Hall–Kier alpha value is -1.85. The van der Waals surface area contributed by atoms with E-state index in [2.05, 4.69) is 5.10 Å². The third-order valence-electron chi connectivity index (χ3n) is 2.72. The highest BCUT2D eigenvalue weighted by molar-refractivity contribution is 6.35. The number of carbonyl (C=O) groups excluding carboxylic acids is 2. The molecule has 0 aliphatic carbocycles. The molecule has 0 radical (unpaired) electrons. The largest absolute Gasteiger partial charge is 0.461 e. The van der Waals surface area contributed by atoms with E-state index in [9.17, 15) is 9.59 Å². The Kier molecular flexibility index (Phi) is 4.65. The Balaban J connectivity index is 2.53. The number of carbonyl (C=O) groups is 2. The second kappa shape index (κ2) is 6.28. The van der Waals surface area contributed by atoms with E-state index in [4.69, 9.17) is 27.9 Å². The van der Waals surface area contributed by atoms with Crippen molar-refractivity contribution in [3.8, 4) is 5.69 Å². The minimum Gasteiger partial charge on any atom is -0.461 e. The smallest absolute Gasteiger partial charge is 0.359 e. The van der Waals surface area contributed by atoms with Crippen molar-refractivity contribution in [1.82, 2.24) is 9.78 Å². The Morgan fingerprint density at radius 2 is 2.05 bits per heavy atom. The molecule has 0 aliphatic heterocycles. The number of aromatic nitrogens is 2. The third-order valence-corrected chi connectivity index (χ3v) is 3.26. The lowest BCUT2D eigenvalue weighted by atomic mass is 10.2. The highest BCUT2D eigenvalue weighted by Gasteiger charge is 2.22. The molecule has 1 heterocycles. The Morgan fingerprint density at radius 1 is 1.33 bits per heavy atom. The van der Waals surface area contributed by atoms with E-state index in [1.807, 2.05) is 0 Å². The molecule has 0 aliphatic rings. The highest BCUT2D eigenvalue weighted by atomic mass is 35.5. The van der Waals surface area contributed by atoms with Crippen LogP contribution in [0.25, 0.3) is 5.69 Å². The van der Waals surface area contributed by atoms with Gasteiger partial charge in [0.1, 0.15) is 0 Å². The number of halogens is 2. The number of rotatable bonds is 4. The van der Waals surface area contributed by atoms with Crippen molar-refractivity contribution in [3.05, 3.63) is 45.7 Å². The summed E-state index contributed by atoms with van der Waals surface area (Å²) in [5, 5.41) is 4.94. The van der Waals surface area contributed by atoms with Crippen molar-refractivity contribution >= 4 is 35.0 Å². The Morgan fingerprint density at radius 3 is 2.62 bits per heavy atom. The van der Waals surface area contributed by atoms with Crippen LogP contribution in [0.5, 0.6) is 0 Å². The Labute approximate surface area is 131 Å². The van der Waals surface area contributed by atoms with Gasteiger partial charge in [-0.05, 0) is 32.0 Å². The van der Waals surface area contributed by atoms with Crippen LogP contribution < -0.4 is 0 Å². The van der Waals surface area contributed by atoms with Crippen LogP contribution in [0.2, 0.25) is 10.0 Å². The molecular formula is C14H12Cl2N2O3. The quantitative estimate of drug-likeness (QED) is 0.636. The Bertz CT molecular complexity index is 710. The van der Waals surface area contributed by atoms with Crippen molar-refractivity contribution in [2.75, 3.05) is 6.61 Å². The standard InChI is InChI=1S/C14H12Cl2N2O3/c1-3-21-14(20)13-10(8(2)19)7-18(17-13)12-5-4-9(15)6-11(12)16/h4-7H,3H2,1-2H3. The van der Waals surface area contributed by atoms with Gasteiger partial charge in [-0.25, -0.2) is 9.48 Å². The molecule has 0 spiro atoms. The first-order valence-electron chi connectivity index (χ1n) is 6.17. The van der Waals surface area contributed by atoms with Gasteiger partial charge in [-0.15, -0.1) is 0 Å². The lowest BCUT2D eigenvalue weighted by Crippen LogP contribution is -2.10. The summed E-state index contributed by atoms with van der Waals surface area (Å²) in [5.41, 5.74) is 0.661. The fourth-order valence-electron chi connectivity index (χ4n) is 1.77. The van der Waals surface area contributed by atoms with Crippen LogP contribution in [0.4, 0.5) is 0 Å². The van der Waals surface area contributed by atoms with Gasteiger partial charge in [-0.1, -0.05) is 23.2 Å². The molecule has 7 heteroatoms. The molecule has 5 nitrogen and oxygen atoms in total. The van der Waals surface area contributed by atoms with Crippen LogP contribution in [-0.4, -0.2) is 28.1 Å². The van der Waals surface area contributed by atoms with Gasteiger partial charge in [0.2, 0.25) is 0 Å². The molecule has 0 saturated heterocycles. The summed E-state index contributed by atoms with van der Waals surface area (Å²) in [4.78, 5) is 23.5. The monoisotopic (exact) mass is 326 g/mol. The fraction of sp³-hybridized carbons (Fsp3) is 0.214. The van der Waals surface area contributed by atoms with Gasteiger partial charge >= 0.3 is 5.97 Å². The molecular weight excluding hydrogens is 315 g/mol. The number of nitrogens with zero attached hydrogens (tertiary/aromatic N) is 2. The molecule has 0 amide bonds. The molecule has 1 aromatic heterocycles. The molecule has 0 bridgehead atoms. The molecule has 0 atom stereocenters. The van der Waals surface area contributed by atoms with Crippen molar-refractivity contribution in [2.24, 2.45) is 0 Å². The first-order valence-corrected chi connectivity index (χ1v) is 6.92. The van der Waals surface area contributed by atoms with Crippen LogP contribution in [0, 0.1) is 0 Å². The first kappa shape index (κ1) is 15.5. The first-order chi connectivity index (χ1) is 9.93. The SMILES string of the molecule is CCOC(=O)c1nn(-c2ccc(Cl)cc2Cl)cc1C(C)=O. The normalized spacial score (nSPS) is 10.5. The zero-order chi connectivity index (χ0) is 15.6. The second-order valence-electron chi connectivity index (χ2n) is 4.21. The molecule has 0 N–H and O–H groups in total. The second-order valence-corrected chi connectivity index (χ2v) is 5.05. The number of benzene rings is 1. The molecule has 21 heavy (non-hydrogen) atoms. The van der Waals surface area contributed by atoms with Gasteiger partial charge in [-0.3, -0.25) is 4.79 Å². The molecule has 0 unspecified atom stereocenters. The van der Waals surface area contributed by atoms with E-state index >= 15 is 0 Å². The van der Waals surface area contributed by atoms with Crippen molar-refractivity contribution in [3.63, 3.8) is 0 Å². The van der Waals surface area contributed by atoms with Crippen molar-refractivity contribution in [2.45, 2.75) is 13.8 Å². The zero-order valence-electron chi connectivity index (χ0n) is 11.4. The molecule has 1 aromatic carbocycles. The maximum Gasteiger partial charge on any atom is 0.359 e. The molecule has 2 rings (SSSR count). The summed E-state index contributed by atoms with van der Waals surface area (Å²) in [5.74, 6) is -0.930. The van der Waals surface area contributed by atoms with E-state index in [0.717, 1.165) is 0 Å². The predicted octanol–water partition coefficient (Wildman–Crippen LogP) is 3.56. The van der Waals surface area contributed by atoms with Crippen LogP contribution in [0.15, 0.2) is 24.4 Å². The molecule has 110 valence electrons.